The number of aryl methyl sites for hydroxylation is 2. The van der Waals surface area contributed by atoms with Gasteiger partial charge in [-0.05, 0) is 13.3 Å². The van der Waals surface area contributed by atoms with E-state index in [0.717, 1.165) is 18.8 Å². The van der Waals surface area contributed by atoms with Crippen molar-refractivity contribution >= 4 is 10.0 Å². The van der Waals surface area contributed by atoms with Gasteiger partial charge in [0.1, 0.15) is 5.82 Å². The summed E-state index contributed by atoms with van der Waals surface area (Å²) in [5.74, 6) is 0.721. The highest BCUT2D eigenvalue weighted by molar-refractivity contribution is 7.89. The highest BCUT2D eigenvalue weighted by Gasteiger charge is 2.30. The molecule has 116 valence electrons. The monoisotopic (exact) mass is 311 g/mol. The molecule has 2 rings (SSSR count). The first kappa shape index (κ1) is 15.9. The van der Waals surface area contributed by atoms with Gasteiger partial charge < -0.3 is 4.57 Å². The van der Waals surface area contributed by atoms with Crippen molar-refractivity contribution in [3.63, 3.8) is 0 Å². The number of nitriles is 1. The van der Waals surface area contributed by atoms with E-state index < -0.39 is 10.0 Å². The number of nitrogens with zero attached hydrogens (tertiary/aromatic N) is 5. The Hall–Kier alpha value is -1.43. The van der Waals surface area contributed by atoms with E-state index in [1.807, 2.05) is 23.3 Å². The average molecular weight is 311 g/mol. The van der Waals surface area contributed by atoms with Crippen molar-refractivity contribution in [2.75, 3.05) is 32.7 Å². The van der Waals surface area contributed by atoms with Crippen molar-refractivity contribution < 1.29 is 8.42 Å². The third kappa shape index (κ3) is 3.43. The molecule has 1 saturated heterocycles. The van der Waals surface area contributed by atoms with Gasteiger partial charge in [-0.25, -0.2) is 13.4 Å². The number of rotatable bonds is 5. The predicted molar refractivity (Wildman–Crippen MR) is 78.1 cm³/mol. The summed E-state index contributed by atoms with van der Waals surface area (Å²) in [5.41, 5.74) is 0. The van der Waals surface area contributed by atoms with Crippen molar-refractivity contribution in [3.05, 3.63) is 12.0 Å². The van der Waals surface area contributed by atoms with E-state index in [2.05, 4.69) is 11.1 Å². The van der Waals surface area contributed by atoms with Crippen LogP contribution in [0.4, 0.5) is 0 Å². The fourth-order valence-electron chi connectivity index (χ4n) is 2.43. The van der Waals surface area contributed by atoms with Crippen LogP contribution in [0.3, 0.4) is 0 Å². The van der Waals surface area contributed by atoms with Gasteiger partial charge in [0.25, 0.3) is 10.0 Å². The Kier molecular flexibility index (Phi) is 4.98. The minimum atomic E-state index is -3.53. The molecular formula is C13H21N5O2S. The summed E-state index contributed by atoms with van der Waals surface area (Å²) >= 11 is 0. The largest absolute Gasteiger partial charge is 0.334 e. The third-order valence-electron chi connectivity index (χ3n) is 3.65. The normalized spacial score (nSPS) is 17.8. The second-order valence-electron chi connectivity index (χ2n) is 5.16. The van der Waals surface area contributed by atoms with Crippen molar-refractivity contribution in [2.24, 2.45) is 0 Å². The molecule has 0 radical (unpaired) electrons. The molecule has 0 spiro atoms. The molecule has 1 aliphatic rings. The molecule has 1 aromatic heterocycles. The number of hydrogen-bond donors (Lipinski definition) is 0. The zero-order valence-electron chi connectivity index (χ0n) is 12.5. The average Bonchev–Trinajstić information content (AvgIpc) is 2.82. The lowest BCUT2D eigenvalue weighted by Gasteiger charge is -2.31. The molecular weight excluding hydrogens is 290 g/mol. The lowest BCUT2D eigenvalue weighted by atomic mass is 10.4. The molecule has 0 bridgehead atoms. The van der Waals surface area contributed by atoms with E-state index in [1.165, 1.54) is 4.31 Å². The van der Waals surface area contributed by atoms with Gasteiger partial charge in [-0.2, -0.15) is 9.57 Å². The maximum atomic E-state index is 12.6. The van der Waals surface area contributed by atoms with Crippen LogP contribution in [0.5, 0.6) is 0 Å². The molecule has 2 heterocycles. The Morgan fingerprint density at radius 1 is 1.33 bits per heavy atom. The molecule has 1 aromatic rings. The van der Waals surface area contributed by atoms with Crippen LogP contribution in [-0.4, -0.2) is 59.9 Å². The molecule has 1 fully saturated rings. The van der Waals surface area contributed by atoms with Gasteiger partial charge in [0.15, 0.2) is 5.03 Å². The van der Waals surface area contributed by atoms with Crippen molar-refractivity contribution in [1.29, 1.82) is 5.26 Å². The van der Waals surface area contributed by atoms with E-state index in [4.69, 9.17) is 5.26 Å². The van der Waals surface area contributed by atoms with Gasteiger partial charge in [0.05, 0.1) is 12.6 Å². The first-order valence-corrected chi connectivity index (χ1v) is 8.56. The molecule has 1 aliphatic heterocycles. The lowest BCUT2D eigenvalue weighted by molar-refractivity contribution is 0.206. The molecule has 0 saturated carbocycles. The summed E-state index contributed by atoms with van der Waals surface area (Å²) in [7, 11) is -3.53. The van der Waals surface area contributed by atoms with Crippen LogP contribution in [-0.2, 0) is 16.6 Å². The molecule has 0 N–H and O–H groups in total. The molecule has 0 aromatic carbocycles. The van der Waals surface area contributed by atoms with Gasteiger partial charge in [-0.1, -0.05) is 6.92 Å². The van der Waals surface area contributed by atoms with E-state index in [9.17, 15) is 8.42 Å². The number of sulfonamides is 1. The number of aromatic nitrogens is 2. The first-order valence-electron chi connectivity index (χ1n) is 7.12. The fraction of sp³-hybridized carbons (Fsp3) is 0.692. The van der Waals surface area contributed by atoms with Gasteiger partial charge >= 0.3 is 0 Å². The SMILES string of the molecule is CCCn1cc(S(=O)(=O)N2CCN(CC#N)CC2)nc1C. The number of imidazole rings is 1. The minimum Gasteiger partial charge on any atom is -0.334 e. The van der Waals surface area contributed by atoms with Crippen molar-refractivity contribution in [2.45, 2.75) is 31.8 Å². The zero-order chi connectivity index (χ0) is 15.5. The first-order chi connectivity index (χ1) is 9.98. The molecule has 0 amide bonds. The Balaban J connectivity index is 2.12. The summed E-state index contributed by atoms with van der Waals surface area (Å²) in [5, 5.41) is 8.80. The quantitative estimate of drug-likeness (QED) is 0.737. The molecule has 7 nitrogen and oxygen atoms in total. The van der Waals surface area contributed by atoms with Gasteiger partial charge in [0.2, 0.25) is 0 Å². The Bertz CT molecular complexity index is 623. The maximum Gasteiger partial charge on any atom is 0.262 e. The van der Waals surface area contributed by atoms with Crippen LogP contribution in [0.25, 0.3) is 0 Å². The predicted octanol–water partition coefficient (Wildman–Crippen LogP) is 0.431. The van der Waals surface area contributed by atoms with Gasteiger partial charge in [-0.3, -0.25) is 4.90 Å². The number of piperazine rings is 1. The standard InChI is InChI=1S/C13H21N5O2S/c1-3-5-17-11-13(15-12(17)2)21(19,20)18-9-7-16(6-4-14)8-10-18/h11H,3,5-10H2,1-2H3. The van der Waals surface area contributed by atoms with E-state index in [0.29, 0.717) is 32.7 Å². The van der Waals surface area contributed by atoms with Crippen molar-refractivity contribution in [3.8, 4) is 6.07 Å². The van der Waals surface area contributed by atoms with Crippen LogP contribution < -0.4 is 0 Å². The number of hydrogen-bond acceptors (Lipinski definition) is 5. The lowest BCUT2D eigenvalue weighted by Crippen LogP contribution is -2.48. The van der Waals surface area contributed by atoms with Gasteiger partial charge in [0, 0.05) is 38.9 Å². The summed E-state index contributed by atoms with van der Waals surface area (Å²) in [6.07, 6.45) is 2.55. The Morgan fingerprint density at radius 3 is 2.57 bits per heavy atom. The highest BCUT2D eigenvalue weighted by atomic mass is 32.2. The molecule has 0 aliphatic carbocycles. The van der Waals surface area contributed by atoms with E-state index in [1.54, 1.807) is 6.20 Å². The van der Waals surface area contributed by atoms with Crippen LogP contribution in [0.2, 0.25) is 0 Å². The maximum absolute atomic E-state index is 12.6. The summed E-state index contributed by atoms with van der Waals surface area (Å²) < 4.78 is 28.5. The molecule has 8 heteroatoms. The highest BCUT2D eigenvalue weighted by Crippen LogP contribution is 2.17. The van der Waals surface area contributed by atoms with E-state index in [-0.39, 0.29) is 5.03 Å². The topological polar surface area (TPSA) is 82.2 Å². The summed E-state index contributed by atoms with van der Waals surface area (Å²) in [6, 6.07) is 2.09. The summed E-state index contributed by atoms with van der Waals surface area (Å²) in [4.78, 5) is 6.15. The minimum absolute atomic E-state index is 0.127. The van der Waals surface area contributed by atoms with Crippen LogP contribution in [0, 0.1) is 18.3 Å². The van der Waals surface area contributed by atoms with Gasteiger partial charge in [-0.15, -0.1) is 0 Å². The zero-order valence-corrected chi connectivity index (χ0v) is 13.3. The Labute approximate surface area is 125 Å². The second kappa shape index (κ2) is 6.56. The Morgan fingerprint density at radius 2 is 2.00 bits per heavy atom. The smallest absolute Gasteiger partial charge is 0.262 e. The van der Waals surface area contributed by atoms with Crippen molar-refractivity contribution in [1.82, 2.24) is 18.8 Å². The molecule has 0 unspecified atom stereocenters. The summed E-state index contributed by atoms with van der Waals surface area (Å²) in [6.45, 7) is 6.96. The fourth-order valence-corrected chi connectivity index (χ4v) is 3.85. The second-order valence-corrected chi connectivity index (χ2v) is 7.04. The molecule has 21 heavy (non-hydrogen) atoms. The van der Waals surface area contributed by atoms with Crippen LogP contribution in [0.15, 0.2) is 11.2 Å². The van der Waals surface area contributed by atoms with Crippen LogP contribution >= 0.6 is 0 Å². The third-order valence-corrected chi connectivity index (χ3v) is 5.42. The van der Waals surface area contributed by atoms with E-state index >= 15 is 0 Å². The van der Waals surface area contributed by atoms with Crippen LogP contribution in [0.1, 0.15) is 19.2 Å². The molecule has 0 atom stereocenters.